The van der Waals surface area contributed by atoms with E-state index < -0.39 is 10.2 Å². The molecule has 1 aromatic rings. The van der Waals surface area contributed by atoms with E-state index >= 15 is 0 Å². The molecule has 1 N–H and O–H groups in total. The van der Waals surface area contributed by atoms with Crippen LogP contribution in [0.4, 0.5) is 0 Å². The molecular weight excluding hydrogens is 270 g/mol. The molecule has 0 radical (unpaired) electrons. The lowest BCUT2D eigenvalue weighted by Crippen LogP contribution is -2.34. The van der Waals surface area contributed by atoms with Gasteiger partial charge in [0, 0.05) is 5.56 Å². The molecule has 0 amide bonds. The molecular formula is C11H13N3O4S. The number of methoxy groups -OCH3 is 1. The molecule has 0 aliphatic carbocycles. The zero-order valence-corrected chi connectivity index (χ0v) is 11.3. The van der Waals surface area contributed by atoms with Crippen LogP contribution in [0.25, 0.3) is 0 Å². The molecule has 7 nitrogen and oxygen atoms in total. The summed E-state index contributed by atoms with van der Waals surface area (Å²) in [6.07, 6.45) is 3.06. The second kappa shape index (κ2) is 4.88. The van der Waals surface area contributed by atoms with E-state index in [1.807, 2.05) is 0 Å². The zero-order chi connectivity index (χ0) is 14.0. The summed E-state index contributed by atoms with van der Waals surface area (Å²) < 4.78 is 39.4. The molecule has 1 atom stereocenters. The van der Waals surface area contributed by atoms with Crippen molar-refractivity contribution in [2.75, 3.05) is 7.11 Å². The summed E-state index contributed by atoms with van der Waals surface area (Å²) >= 11 is 0. The smallest absolute Gasteiger partial charge is 0.368 e. The average molecular weight is 283 g/mol. The lowest BCUT2D eigenvalue weighted by atomic mass is 10.0. The van der Waals surface area contributed by atoms with Gasteiger partial charge in [-0.2, -0.15) is 8.42 Å². The van der Waals surface area contributed by atoms with Gasteiger partial charge in [-0.1, -0.05) is 12.2 Å². The quantitative estimate of drug-likeness (QED) is 0.841. The fraction of sp³-hybridized carbons (Fsp3) is 0.273. The van der Waals surface area contributed by atoms with Crippen LogP contribution >= 0.6 is 0 Å². The summed E-state index contributed by atoms with van der Waals surface area (Å²) in [7, 11) is -2.54. The first-order chi connectivity index (χ1) is 8.93. The molecule has 2 rings (SSSR count). The van der Waals surface area contributed by atoms with Gasteiger partial charge < -0.3 is 14.5 Å². The Kier molecular flexibility index (Phi) is 3.43. The molecule has 2 heterocycles. The minimum Gasteiger partial charge on any atom is -0.478 e. The van der Waals surface area contributed by atoms with Crippen molar-refractivity contribution < 1.29 is 17.6 Å². The van der Waals surface area contributed by atoms with Gasteiger partial charge in [-0.3, -0.25) is 0 Å². The van der Waals surface area contributed by atoms with Crippen molar-refractivity contribution >= 4 is 21.9 Å². The number of hydrogen-bond donors (Lipinski definition) is 1. The van der Waals surface area contributed by atoms with E-state index in [-0.39, 0.29) is 17.8 Å². The molecule has 8 heteroatoms. The molecule has 102 valence electrons. The van der Waals surface area contributed by atoms with E-state index in [9.17, 15) is 8.42 Å². The van der Waals surface area contributed by atoms with Crippen LogP contribution in [0, 0.1) is 0 Å². The number of rotatable bonds is 3. The molecule has 19 heavy (non-hydrogen) atoms. The van der Waals surface area contributed by atoms with Gasteiger partial charge >= 0.3 is 10.2 Å². The lowest BCUT2D eigenvalue weighted by Gasteiger charge is -2.18. The van der Waals surface area contributed by atoms with Crippen LogP contribution in [0.5, 0.6) is 0 Å². The van der Waals surface area contributed by atoms with Crippen LogP contribution in [0.3, 0.4) is 0 Å². The third-order valence-corrected chi connectivity index (χ3v) is 3.26. The summed E-state index contributed by atoms with van der Waals surface area (Å²) in [6, 6.07) is 1.41. The number of hydrogen-bond acceptors (Lipinski definition) is 5. The summed E-state index contributed by atoms with van der Waals surface area (Å²) in [6.45, 7) is 5.66. The molecule has 0 saturated carbocycles. The highest BCUT2D eigenvalue weighted by molar-refractivity contribution is 7.89. The Bertz CT molecular complexity index is 643. The third kappa shape index (κ3) is 2.84. The number of ether oxygens (including phenoxy) is 1. The van der Waals surface area contributed by atoms with Crippen LogP contribution in [-0.2, 0) is 14.9 Å². The Morgan fingerprint density at radius 3 is 2.79 bits per heavy atom. The molecule has 0 spiro atoms. The molecule has 1 aliphatic rings. The van der Waals surface area contributed by atoms with Gasteiger partial charge in [0.1, 0.15) is 0 Å². The highest BCUT2D eigenvalue weighted by Gasteiger charge is 2.28. The summed E-state index contributed by atoms with van der Waals surface area (Å²) in [5, 5.41) is 2.93. The first-order valence-electron chi connectivity index (χ1n) is 5.36. The summed E-state index contributed by atoms with van der Waals surface area (Å²) in [5.74, 6) is -0.0218. The van der Waals surface area contributed by atoms with Crippen LogP contribution < -0.4 is 5.32 Å². The topological polar surface area (TPSA) is 93.3 Å². The molecule has 0 bridgehead atoms. The molecule has 0 fully saturated rings. The van der Waals surface area contributed by atoms with Crippen molar-refractivity contribution in [1.82, 2.24) is 5.32 Å². The van der Waals surface area contributed by atoms with Crippen LogP contribution in [0.2, 0.25) is 0 Å². The highest BCUT2D eigenvalue weighted by atomic mass is 32.2. The van der Waals surface area contributed by atoms with E-state index in [1.165, 1.54) is 13.4 Å². The first-order valence-corrected chi connectivity index (χ1v) is 6.76. The van der Waals surface area contributed by atoms with Gasteiger partial charge in [-0.25, -0.2) is 0 Å². The molecule has 0 unspecified atom stereocenters. The van der Waals surface area contributed by atoms with Crippen molar-refractivity contribution in [2.45, 2.75) is 13.0 Å². The van der Waals surface area contributed by atoms with E-state index in [4.69, 9.17) is 9.15 Å². The SMILES string of the molecule is C=C(C)[C@@H](NC1=NS(=O)(=O)N=C1OC)c1ccoc1. The van der Waals surface area contributed by atoms with Gasteiger partial charge in [-0.15, -0.1) is 8.80 Å². The van der Waals surface area contributed by atoms with Crippen LogP contribution in [-0.4, -0.2) is 27.3 Å². The average Bonchev–Trinajstić information content (AvgIpc) is 2.92. The number of amidine groups is 1. The van der Waals surface area contributed by atoms with Crippen LogP contribution in [0.15, 0.2) is 44.0 Å². The second-order valence-corrected chi connectivity index (χ2v) is 5.23. The number of nitrogens with one attached hydrogen (secondary N) is 1. The monoisotopic (exact) mass is 283 g/mol. The lowest BCUT2D eigenvalue weighted by molar-refractivity contribution is 0.411. The fourth-order valence-corrected chi connectivity index (χ4v) is 2.38. The van der Waals surface area contributed by atoms with Crippen molar-refractivity contribution in [1.29, 1.82) is 0 Å². The molecule has 1 aliphatic heterocycles. The Hall–Kier alpha value is -2.09. The standard InChI is InChI=1S/C11H13N3O4S/c1-7(2)9(8-4-5-18-6-8)12-10-11(17-3)14-19(15,16)13-10/h4-6,9H,1H2,2-3H3,(H,12,13)/t9-/m1/s1. The third-order valence-electron chi connectivity index (χ3n) is 2.45. The van der Waals surface area contributed by atoms with Gasteiger partial charge in [0.25, 0.3) is 5.90 Å². The number of nitrogens with zero attached hydrogens (tertiary/aromatic N) is 2. The summed E-state index contributed by atoms with van der Waals surface area (Å²) in [5.41, 5.74) is 1.57. The minimum absolute atomic E-state index is 0.0525. The number of furan rings is 1. The van der Waals surface area contributed by atoms with Gasteiger partial charge in [0.15, 0.2) is 0 Å². The van der Waals surface area contributed by atoms with Crippen molar-refractivity contribution in [3.63, 3.8) is 0 Å². The first kappa shape index (κ1) is 13.3. The van der Waals surface area contributed by atoms with E-state index in [0.717, 1.165) is 11.1 Å². The Balaban J connectivity index is 2.29. The zero-order valence-electron chi connectivity index (χ0n) is 10.5. The van der Waals surface area contributed by atoms with E-state index in [2.05, 4.69) is 20.7 Å². The van der Waals surface area contributed by atoms with Gasteiger partial charge in [0.2, 0.25) is 5.84 Å². The summed E-state index contributed by atoms with van der Waals surface area (Å²) in [4.78, 5) is 0. The fourth-order valence-electron chi connectivity index (χ4n) is 1.61. The van der Waals surface area contributed by atoms with Crippen molar-refractivity contribution in [2.24, 2.45) is 8.80 Å². The van der Waals surface area contributed by atoms with Crippen LogP contribution in [0.1, 0.15) is 18.5 Å². The Morgan fingerprint density at radius 1 is 1.53 bits per heavy atom. The largest absolute Gasteiger partial charge is 0.478 e. The van der Waals surface area contributed by atoms with Crippen molar-refractivity contribution in [3.05, 3.63) is 36.3 Å². The molecule has 1 aromatic heterocycles. The predicted octanol–water partition coefficient (Wildman–Crippen LogP) is 1.19. The normalized spacial score (nSPS) is 18.4. The van der Waals surface area contributed by atoms with Gasteiger partial charge in [-0.05, 0) is 13.0 Å². The van der Waals surface area contributed by atoms with Gasteiger partial charge in [0.05, 0.1) is 25.7 Å². The minimum atomic E-state index is -3.86. The maximum atomic E-state index is 11.3. The van der Waals surface area contributed by atoms with E-state index in [1.54, 1.807) is 19.3 Å². The highest BCUT2D eigenvalue weighted by Crippen LogP contribution is 2.21. The molecule has 0 aromatic carbocycles. The van der Waals surface area contributed by atoms with Crippen molar-refractivity contribution in [3.8, 4) is 0 Å². The Morgan fingerprint density at radius 2 is 2.26 bits per heavy atom. The van der Waals surface area contributed by atoms with E-state index in [0.29, 0.717) is 0 Å². The predicted molar refractivity (Wildman–Crippen MR) is 70.2 cm³/mol. The Labute approximate surface area is 110 Å². The maximum absolute atomic E-state index is 11.3. The molecule has 0 saturated heterocycles. The second-order valence-electron chi connectivity index (χ2n) is 3.97. The maximum Gasteiger partial charge on any atom is 0.368 e.